The summed E-state index contributed by atoms with van der Waals surface area (Å²) in [4.78, 5) is 13.9. The van der Waals surface area contributed by atoms with Gasteiger partial charge in [0.1, 0.15) is 0 Å². The van der Waals surface area contributed by atoms with Crippen molar-refractivity contribution in [3.05, 3.63) is 71.4 Å². The fourth-order valence-electron chi connectivity index (χ4n) is 2.43. The number of para-hydroxylation sites is 1. The van der Waals surface area contributed by atoms with E-state index in [-0.39, 0.29) is 5.91 Å². The van der Waals surface area contributed by atoms with Gasteiger partial charge in [-0.05, 0) is 37.6 Å². The second kappa shape index (κ2) is 5.44. The summed E-state index contributed by atoms with van der Waals surface area (Å²) < 4.78 is 0. The zero-order chi connectivity index (χ0) is 14.8. The van der Waals surface area contributed by atoms with Crippen LogP contribution in [0.15, 0.2) is 60.3 Å². The van der Waals surface area contributed by atoms with Gasteiger partial charge in [-0.15, -0.1) is 0 Å². The molecule has 0 atom stereocenters. The number of nitrogens with zero attached hydrogens (tertiary/aromatic N) is 1. The molecule has 0 fully saturated rings. The van der Waals surface area contributed by atoms with Gasteiger partial charge in [0, 0.05) is 23.1 Å². The number of carbonyl (C=O) groups is 1. The zero-order valence-electron chi connectivity index (χ0n) is 12.3. The maximum Gasteiger partial charge on any atom is 0.253 e. The molecule has 0 bridgehead atoms. The van der Waals surface area contributed by atoms with Crippen LogP contribution in [0.4, 0.5) is 11.4 Å². The lowest BCUT2D eigenvalue weighted by Crippen LogP contribution is -2.26. The molecule has 3 nitrogen and oxygen atoms in total. The number of carbonyl (C=O) groups excluding carboxylic acids is 1. The van der Waals surface area contributed by atoms with E-state index in [0.717, 1.165) is 17.1 Å². The van der Waals surface area contributed by atoms with E-state index in [1.165, 1.54) is 11.1 Å². The van der Waals surface area contributed by atoms with E-state index >= 15 is 0 Å². The number of rotatable bonds is 3. The van der Waals surface area contributed by atoms with Crippen molar-refractivity contribution in [2.24, 2.45) is 0 Å². The van der Waals surface area contributed by atoms with Crippen LogP contribution >= 0.6 is 0 Å². The van der Waals surface area contributed by atoms with E-state index in [4.69, 9.17) is 0 Å². The number of nitrogens with one attached hydrogen (secondary N) is 1. The van der Waals surface area contributed by atoms with Gasteiger partial charge in [0.15, 0.2) is 0 Å². The van der Waals surface area contributed by atoms with Crippen LogP contribution in [0.1, 0.15) is 11.1 Å². The van der Waals surface area contributed by atoms with Crippen LogP contribution in [0.5, 0.6) is 0 Å². The quantitative estimate of drug-likeness (QED) is 0.929. The molecule has 0 radical (unpaired) electrons. The number of hydrogen-bond donors (Lipinski definition) is 1. The van der Waals surface area contributed by atoms with E-state index in [2.05, 4.69) is 18.3 Å². The molecule has 1 amide bonds. The molecule has 1 heterocycles. The summed E-state index contributed by atoms with van der Waals surface area (Å²) in [6, 6.07) is 16.1. The third kappa shape index (κ3) is 2.82. The van der Waals surface area contributed by atoms with E-state index in [1.807, 2.05) is 49.4 Å². The molecule has 0 saturated carbocycles. The van der Waals surface area contributed by atoms with Crippen molar-refractivity contribution in [3.63, 3.8) is 0 Å². The first-order chi connectivity index (χ1) is 10.1. The van der Waals surface area contributed by atoms with Gasteiger partial charge in [0.05, 0.1) is 6.54 Å². The lowest BCUT2D eigenvalue weighted by Gasteiger charge is -2.17. The second-order valence-electron chi connectivity index (χ2n) is 5.37. The summed E-state index contributed by atoms with van der Waals surface area (Å²) in [5.41, 5.74) is 5.26. The van der Waals surface area contributed by atoms with Crippen LogP contribution in [0, 0.1) is 13.8 Å². The predicted molar refractivity (Wildman–Crippen MR) is 86.4 cm³/mol. The van der Waals surface area contributed by atoms with Crippen LogP contribution in [0.3, 0.4) is 0 Å². The minimum absolute atomic E-state index is 0.0231. The molecule has 0 spiro atoms. The van der Waals surface area contributed by atoms with Crippen molar-refractivity contribution in [1.29, 1.82) is 0 Å². The van der Waals surface area contributed by atoms with Gasteiger partial charge in [0.2, 0.25) is 0 Å². The van der Waals surface area contributed by atoms with Gasteiger partial charge in [-0.3, -0.25) is 4.79 Å². The summed E-state index contributed by atoms with van der Waals surface area (Å²) in [6.07, 6.45) is 1.67. The van der Waals surface area contributed by atoms with Gasteiger partial charge in [-0.1, -0.05) is 35.9 Å². The van der Waals surface area contributed by atoms with Crippen molar-refractivity contribution < 1.29 is 4.79 Å². The van der Waals surface area contributed by atoms with Gasteiger partial charge in [-0.2, -0.15) is 0 Å². The Morgan fingerprint density at radius 3 is 2.43 bits per heavy atom. The van der Waals surface area contributed by atoms with E-state index < -0.39 is 0 Å². The highest BCUT2D eigenvalue weighted by molar-refractivity contribution is 6.05. The molecule has 1 N–H and O–H groups in total. The highest BCUT2D eigenvalue weighted by Gasteiger charge is 2.23. The Bertz CT molecular complexity index is 701. The lowest BCUT2D eigenvalue weighted by molar-refractivity contribution is -0.113. The van der Waals surface area contributed by atoms with E-state index in [9.17, 15) is 4.79 Å². The summed E-state index contributed by atoms with van der Waals surface area (Å²) in [5, 5.41) is 3.35. The summed E-state index contributed by atoms with van der Waals surface area (Å²) in [5.74, 6) is 0.0231. The third-order valence-corrected chi connectivity index (χ3v) is 3.68. The van der Waals surface area contributed by atoms with Crippen LogP contribution in [-0.2, 0) is 4.79 Å². The highest BCUT2D eigenvalue weighted by atomic mass is 16.2. The summed E-state index contributed by atoms with van der Waals surface area (Å²) >= 11 is 0. The summed E-state index contributed by atoms with van der Waals surface area (Å²) in [7, 11) is 0. The molecule has 0 unspecified atom stereocenters. The van der Waals surface area contributed by atoms with Crippen LogP contribution in [0.2, 0.25) is 0 Å². The first-order valence-corrected chi connectivity index (χ1v) is 7.05. The Hall–Kier alpha value is -2.55. The number of aryl methyl sites for hydroxylation is 2. The molecular weight excluding hydrogens is 260 g/mol. The first kappa shape index (κ1) is 13.4. The molecule has 2 aromatic carbocycles. The first-order valence-electron chi connectivity index (χ1n) is 7.05. The van der Waals surface area contributed by atoms with Crippen molar-refractivity contribution in [3.8, 4) is 0 Å². The largest absolute Gasteiger partial charge is 0.357 e. The standard InChI is InChI=1S/C18H18N2O/c1-13-7-9-16(10-8-13)20-12-15(11-18(20)21)19-17-6-4-3-5-14(17)2/h3-11,19H,12H2,1-2H3. The molecule has 3 rings (SSSR count). The molecule has 3 heteroatoms. The maximum atomic E-state index is 12.2. The van der Waals surface area contributed by atoms with Crippen molar-refractivity contribution in [1.82, 2.24) is 0 Å². The number of anilines is 2. The Morgan fingerprint density at radius 1 is 1.00 bits per heavy atom. The molecule has 0 aliphatic carbocycles. The smallest absolute Gasteiger partial charge is 0.253 e. The molecule has 0 saturated heterocycles. The minimum Gasteiger partial charge on any atom is -0.357 e. The maximum absolute atomic E-state index is 12.2. The average Bonchev–Trinajstić information content (AvgIpc) is 2.83. The fourth-order valence-corrected chi connectivity index (χ4v) is 2.43. The van der Waals surface area contributed by atoms with Crippen LogP contribution in [0.25, 0.3) is 0 Å². The van der Waals surface area contributed by atoms with Crippen LogP contribution < -0.4 is 10.2 Å². The molecule has 2 aromatic rings. The zero-order valence-corrected chi connectivity index (χ0v) is 12.3. The molecular formula is C18H18N2O. The second-order valence-corrected chi connectivity index (χ2v) is 5.37. The minimum atomic E-state index is 0.0231. The van der Waals surface area contributed by atoms with Gasteiger partial charge in [-0.25, -0.2) is 0 Å². The topological polar surface area (TPSA) is 32.3 Å². The highest BCUT2D eigenvalue weighted by Crippen LogP contribution is 2.23. The third-order valence-electron chi connectivity index (χ3n) is 3.68. The molecule has 1 aliphatic heterocycles. The average molecular weight is 278 g/mol. The molecule has 1 aliphatic rings. The normalized spacial score (nSPS) is 14.3. The Morgan fingerprint density at radius 2 is 1.71 bits per heavy atom. The van der Waals surface area contributed by atoms with Crippen molar-refractivity contribution in [2.45, 2.75) is 13.8 Å². The van der Waals surface area contributed by atoms with Gasteiger partial charge < -0.3 is 10.2 Å². The van der Waals surface area contributed by atoms with Gasteiger partial charge >= 0.3 is 0 Å². The molecule has 21 heavy (non-hydrogen) atoms. The van der Waals surface area contributed by atoms with Crippen molar-refractivity contribution in [2.75, 3.05) is 16.8 Å². The van der Waals surface area contributed by atoms with E-state index in [0.29, 0.717) is 6.54 Å². The number of hydrogen-bond acceptors (Lipinski definition) is 2. The fraction of sp³-hybridized carbons (Fsp3) is 0.167. The number of amides is 1. The molecule has 0 aromatic heterocycles. The van der Waals surface area contributed by atoms with Gasteiger partial charge in [0.25, 0.3) is 5.91 Å². The SMILES string of the molecule is Cc1ccc(N2CC(Nc3ccccc3C)=CC2=O)cc1. The van der Waals surface area contributed by atoms with Crippen LogP contribution in [-0.4, -0.2) is 12.5 Å². The Kier molecular flexibility index (Phi) is 3.48. The summed E-state index contributed by atoms with van der Waals surface area (Å²) in [6.45, 7) is 4.67. The van der Waals surface area contributed by atoms with Crippen molar-refractivity contribution >= 4 is 17.3 Å². The van der Waals surface area contributed by atoms with E-state index in [1.54, 1.807) is 11.0 Å². The lowest BCUT2D eigenvalue weighted by atomic mass is 10.2. The monoisotopic (exact) mass is 278 g/mol. The molecule has 106 valence electrons. The Balaban J connectivity index is 1.76. The Labute approximate surface area is 124 Å². The number of benzene rings is 2. The predicted octanol–water partition coefficient (Wildman–Crippen LogP) is 3.65.